The number of hydrogen-bond acceptors (Lipinski definition) is 5. The Morgan fingerprint density at radius 2 is 1.86 bits per heavy atom. The number of esters is 1. The highest BCUT2D eigenvalue weighted by Gasteiger charge is 2.43. The molecule has 1 heterocycles. The van der Waals surface area contributed by atoms with Gasteiger partial charge in [0.2, 0.25) is 0 Å². The zero-order valence-corrected chi connectivity index (χ0v) is 10.2. The van der Waals surface area contributed by atoms with E-state index in [1.165, 1.54) is 6.92 Å². The first-order valence-corrected chi connectivity index (χ1v) is 5.19. The van der Waals surface area contributed by atoms with Crippen LogP contribution in [0, 0.1) is 0 Å². The molecule has 0 saturated heterocycles. The van der Waals surface area contributed by atoms with Crippen molar-refractivity contribution in [2.75, 3.05) is 6.61 Å². The Labute approximate surface area is 113 Å². The SMILES string of the molecule is CCOC(=O)c1cnc(OC(F)(F)F)c(O)c1C(F)(F)F. The van der Waals surface area contributed by atoms with Crippen molar-refractivity contribution in [1.82, 2.24) is 4.98 Å². The van der Waals surface area contributed by atoms with Crippen molar-refractivity contribution in [3.63, 3.8) is 0 Å². The number of carbonyl (C=O) groups excluding carboxylic acids is 1. The van der Waals surface area contributed by atoms with Crippen molar-refractivity contribution >= 4 is 5.97 Å². The van der Waals surface area contributed by atoms with Gasteiger partial charge < -0.3 is 14.6 Å². The van der Waals surface area contributed by atoms with Gasteiger partial charge in [0.1, 0.15) is 5.56 Å². The van der Waals surface area contributed by atoms with Crippen molar-refractivity contribution in [3.05, 3.63) is 17.3 Å². The average Bonchev–Trinajstić information content (AvgIpc) is 2.28. The Bertz CT molecular complexity index is 540. The molecule has 11 heteroatoms. The van der Waals surface area contributed by atoms with Crippen molar-refractivity contribution in [2.45, 2.75) is 19.5 Å². The molecule has 21 heavy (non-hydrogen) atoms. The van der Waals surface area contributed by atoms with Crippen LogP contribution >= 0.6 is 0 Å². The largest absolute Gasteiger partial charge is 0.574 e. The zero-order chi connectivity index (χ0) is 16.4. The number of hydrogen-bond donors (Lipinski definition) is 1. The predicted molar refractivity (Wildman–Crippen MR) is 53.5 cm³/mol. The van der Waals surface area contributed by atoms with E-state index in [1.54, 1.807) is 0 Å². The fraction of sp³-hybridized carbons (Fsp3) is 0.400. The smallest absolute Gasteiger partial charge is 0.503 e. The molecule has 5 nitrogen and oxygen atoms in total. The summed E-state index contributed by atoms with van der Waals surface area (Å²) in [6.45, 7) is 1.03. The molecule has 1 rings (SSSR count). The lowest BCUT2D eigenvalue weighted by Gasteiger charge is -2.16. The van der Waals surface area contributed by atoms with Gasteiger partial charge in [-0.3, -0.25) is 0 Å². The third kappa shape index (κ3) is 4.13. The second kappa shape index (κ2) is 5.66. The highest BCUT2D eigenvalue weighted by Crippen LogP contribution is 2.43. The number of ether oxygens (including phenoxy) is 2. The van der Waals surface area contributed by atoms with E-state index in [2.05, 4.69) is 14.5 Å². The number of pyridine rings is 1. The molecule has 0 atom stereocenters. The van der Waals surface area contributed by atoms with Crippen molar-refractivity contribution < 1.29 is 45.7 Å². The van der Waals surface area contributed by atoms with Crippen LogP contribution in [0.1, 0.15) is 22.8 Å². The topological polar surface area (TPSA) is 68.7 Å². The number of alkyl halides is 6. The Kier molecular flexibility index (Phi) is 4.54. The Balaban J connectivity index is 3.43. The minimum Gasteiger partial charge on any atom is -0.503 e. The minimum absolute atomic E-state index is 0.182. The molecule has 0 amide bonds. The third-order valence-electron chi connectivity index (χ3n) is 2.01. The molecule has 0 bridgehead atoms. The van der Waals surface area contributed by atoms with Gasteiger partial charge in [0, 0.05) is 6.20 Å². The molecule has 1 aromatic heterocycles. The molecule has 1 aromatic rings. The van der Waals surface area contributed by atoms with Gasteiger partial charge in [-0.05, 0) is 6.92 Å². The molecule has 0 aliphatic rings. The fourth-order valence-corrected chi connectivity index (χ4v) is 1.32. The van der Waals surface area contributed by atoms with Crippen LogP contribution < -0.4 is 4.74 Å². The summed E-state index contributed by atoms with van der Waals surface area (Å²) in [6, 6.07) is 0. The summed E-state index contributed by atoms with van der Waals surface area (Å²) in [5.74, 6) is -5.17. The molecule has 0 spiro atoms. The van der Waals surface area contributed by atoms with Crippen LogP contribution in [0.2, 0.25) is 0 Å². The first-order valence-electron chi connectivity index (χ1n) is 5.19. The maximum absolute atomic E-state index is 12.8. The van der Waals surface area contributed by atoms with E-state index in [4.69, 9.17) is 0 Å². The second-order valence-corrected chi connectivity index (χ2v) is 3.47. The van der Waals surface area contributed by atoms with E-state index >= 15 is 0 Å². The lowest BCUT2D eigenvalue weighted by atomic mass is 10.1. The summed E-state index contributed by atoms with van der Waals surface area (Å²) in [7, 11) is 0. The molecule has 0 aliphatic carbocycles. The molecule has 0 fully saturated rings. The van der Waals surface area contributed by atoms with Gasteiger partial charge in [0.15, 0.2) is 5.75 Å². The third-order valence-corrected chi connectivity index (χ3v) is 2.01. The Hall–Kier alpha value is -2.20. The van der Waals surface area contributed by atoms with Crippen LogP contribution in [0.3, 0.4) is 0 Å². The van der Waals surface area contributed by atoms with Crippen LogP contribution in [-0.4, -0.2) is 29.0 Å². The summed E-state index contributed by atoms with van der Waals surface area (Å²) in [5.41, 5.74) is -3.24. The van der Waals surface area contributed by atoms with E-state index in [0.29, 0.717) is 0 Å². The monoisotopic (exact) mass is 319 g/mol. The van der Waals surface area contributed by atoms with Crippen LogP contribution in [0.15, 0.2) is 6.20 Å². The standard InChI is InChI=1S/C10H7F6NO4/c1-2-20-8(19)4-3-17-7(21-10(14,15)16)6(18)5(4)9(11,12)13/h3,18H,2H2,1H3. The van der Waals surface area contributed by atoms with Crippen LogP contribution in [-0.2, 0) is 10.9 Å². The molecular formula is C10H7F6NO4. The first kappa shape index (κ1) is 16.9. The second-order valence-electron chi connectivity index (χ2n) is 3.47. The zero-order valence-electron chi connectivity index (χ0n) is 10.2. The molecular weight excluding hydrogens is 312 g/mol. The van der Waals surface area contributed by atoms with Gasteiger partial charge in [-0.15, -0.1) is 13.2 Å². The van der Waals surface area contributed by atoms with Crippen molar-refractivity contribution in [2.24, 2.45) is 0 Å². The van der Waals surface area contributed by atoms with Crippen LogP contribution in [0.25, 0.3) is 0 Å². The number of halogens is 6. The highest BCUT2D eigenvalue weighted by molar-refractivity contribution is 5.92. The average molecular weight is 319 g/mol. The quantitative estimate of drug-likeness (QED) is 0.685. The fourth-order valence-electron chi connectivity index (χ4n) is 1.32. The normalized spacial score (nSPS) is 12.1. The summed E-state index contributed by atoms with van der Waals surface area (Å²) in [6.07, 6.45) is -10.5. The molecule has 0 unspecified atom stereocenters. The van der Waals surface area contributed by atoms with Gasteiger partial charge in [-0.25, -0.2) is 9.78 Å². The number of nitrogens with zero attached hydrogens (tertiary/aromatic N) is 1. The van der Waals surface area contributed by atoms with E-state index in [0.717, 1.165) is 0 Å². The molecule has 0 saturated carbocycles. The molecule has 0 aromatic carbocycles. The number of aromatic nitrogens is 1. The van der Waals surface area contributed by atoms with Crippen LogP contribution in [0.4, 0.5) is 26.3 Å². The highest BCUT2D eigenvalue weighted by atomic mass is 19.4. The lowest BCUT2D eigenvalue weighted by molar-refractivity contribution is -0.276. The molecule has 118 valence electrons. The Morgan fingerprint density at radius 3 is 2.29 bits per heavy atom. The molecule has 1 N–H and O–H groups in total. The maximum Gasteiger partial charge on any atom is 0.574 e. The van der Waals surface area contributed by atoms with E-state index in [-0.39, 0.29) is 12.8 Å². The first-order chi connectivity index (χ1) is 9.47. The van der Waals surface area contributed by atoms with Crippen molar-refractivity contribution in [3.8, 4) is 11.6 Å². The lowest BCUT2D eigenvalue weighted by Crippen LogP contribution is -2.21. The summed E-state index contributed by atoms with van der Waals surface area (Å²) in [4.78, 5) is 14.2. The van der Waals surface area contributed by atoms with E-state index in [9.17, 15) is 36.2 Å². The number of rotatable bonds is 3. The van der Waals surface area contributed by atoms with Gasteiger partial charge >= 0.3 is 18.5 Å². The summed E-state index contributed by atoms with van der Waals surface area (Å²) >= 11 is 0. The van der Waals surface area contributed by atoms with Gasteiger partial charge in [0.25, 0.3) is 5.88 Å². The number of carbonyl (C=O) groups is 1. The molecule has 0 aliphatic heterocycles. The van der Waals surface area contributed by atoms with Crippen LogP contribution in [0.5, 0.6) is 11.6 Å². The predicted octanol–water partition coefficient (Wildman–Crippen LogP) is 2.88. The van der Waals surface area contributed by atoms with E-state index < -0.39 is 41.3 Å². The van der Waals surface area contributed by atoms with Crippen molar-refractivity contribution in [1.29, 1.82) is 0 Å². The van der Waals surface area contributed by atoms with Gasteiger partial charge in [0.05, 0.1) is 12.2 Å². The summed E-state index contributed by atoms with van der Waals surface area (Å²) in [5, 5.41) is 9.27. The van der Waals surface area contributed by atoms with Gasteiger partial charge in [-0.2, -0.15) is 13.2 Å². The maximum atomic E-state index is 12.8. The van der Waals surface area contributed by atoms with Gasteiger partial charge in [-0.1, -0.05) is 0 Å². The minimum atomic E-state index is -5.36. The van der Waals surface area contributed by atoms with E-state index in [1.807, 2.05) is 0 Å². The summed E-state index contributed by atoms with van der Waals surface area (Å²) < 4.78 is 81.8. The molecule has 0 radical (unpaired) electrons. The number of aromatic hydroxyl groups is 1. The Morgan fingerprint density at radius 1 is 1.29 bits per heavy atom.